The van der Waals surface area contributed by atoms with Gasteiger partial charge in [-0.1, -0.05) is 5.16 Å². The lowest BCUT2D eigenvalue weighted by molar-refractivity contribution is 0.0654. The molecule has 0 N–H and O–H groups in total. The molecule has 2 aromatic rings. The number of hydrogen-bond donors (Lipinski definition) is 0. The van der Waals surface area contributed by atoms with Crippen LogP contribution in [0, 0.1) is 5.92 Å². The van der Waals surface area contributed by atoms with E-state index in [4.69, 9.17) is 13.7 Å². The van der Waals surface area contributed by atoms with Crippen LogP contribution in [0.4, 0.5) is 0 Å². The Kier molecular flexibility index (Phi) is 5.34. The van der Waals surface area contributed by atoms with Crippen LogP contribution >= 0.6 is 0 Å². The predicted molar refractivity (Wildman–Crippen MR) is 92.7 cm³/mol. The van der Waals surface area contributed by atoms with Gasteiger partial charge in [0.1, 0.15) is 0 Å². The first-order chi connectivity index (χ1) is 12.8. The predicted octanol–water partition coefficient (Wildman–Crippen LogP) is 3.04. The largest absolute Gasteiger partial charge is 0.459 e. The number of carbonyl (C=O) groups is 1. The van der Waals surface area contributed by atoms with E-state index in [-0.39, 0.29) is 5.91 Å². The van der Waals surface area contributed by atoms with Crippen LogP contribution in [0.2, 0.25) is 0 Å². The van der Waals surface area contributed by atoms with Gasteiger partial charge < -0.3 is 18.6 Å². The number of nitrogens with zero attached hydrogens (tertiary/aromatic N) is 3. The summed E-state index contributed by atoms with van der Waals surface area (Å²) in [5.74, 6) is 2.94. The zero-order chi connectivity index (χ0) is 17.8. The molecule has 2 aliphatic rings. The van der Waals surface area contributed by atoms with Gasteiger partial charge >= 0.3 is 0 Å². The van der Waals surface area contributed by atoms with Crippen LogP contribution < -0.4 is 0 Å². The molecule has 2 fully saturated rings. The molecule has 26 heavy (non-hydrogen) atoms. The zero-order valence-corrected chi connectivity index (χ0v) is 14.9. The fourth-order valence-electron chi connectivity index (χ4n) is 3.79. The fourth-order valence-corrected chi connectivity index (χ4v) is 3.79. The molecule has 2 aromatic heterocycles. The summed E-state index contributed by atoms with van der Waals surface area (Å²) in [6, 6.07) is 3.47. The van der Waals surface area contributed by atoms with Gasteiger partial charge in [0.15, 0.2) is 11.6 Å². The number of aromatic nitrogens is 2. The van der Waals surface area contributed by atoms with E-state index in [1.165, 1.54) is 0 Å². The lowest BCUT2D eigenvalue weighted by Gasteiger charge is -2.31. The van der Waals surface area contributed by atoms with Crippen molar-refractivity contribution in [3.05, 3.63) is 35.9 Å². The summed E-state index contributed by atoms with van der Waals surface area (Å²) in [6.07, 6.45) is 7.36. The first-order valence-corrected chi connectivity index (χ1v) is 9.52. The molecule has 0 bridgehead atoms. The monoisotopic (exact) mass is 359 g/mol. The van der Waals surface area contributed by atoms with E-state index >= 15 is 0 Å². The lowest BCUT2D eigenvalue weighted by Crippen LogP contribution is -2.38. The highest BCUT2D eigenvalue weighted by atomic mass is 16.5. The summed E-state index contributed by atoms with van der Waals surface area (Å²) in [6.45, 7) is 3.11. The molecule has 4 heterocycles. The summed E-state index contributed by atoms with van der Waals surface area (Å²) in [4.78, 5) is 18.8. The number of hydrogen-bond acceptors (Lipinski definition) is 6. The second kappa shape index (κ2) is 8.03. The van der Waals surface area contributed by atoms with Gasteiger partial charge in [0.25, 0.3) is 5.91 Å². The van der Waals surface area contributed by atoms with Gasteiger partial charge in [-0.15, -0.1) is 0 Å². The minimum atomic E-state index is -0.00674. The highest BCUT2D eigenvalue weighted by Crippen LogP contribution is 2.27. The molecule has 0 unspecified atom stereocenters. The summed E-state index contributed by atoms with van der Waals surface area (Å²) in [7, 11) is 0. The number of rotatable bonds is 5. The van der Waals surface area contributed by atoms with Crippen LogP contribution in [0.3, 0.4) is 0 Å². The van der Waals surface area contributed by atoms with Crippen LogP contribution in [-0.4, -0.2) is 47.3 Å². The number of piperidine rings is 1. The minimum absolute atomic E-state index is 0.00674. The Labute approximate surface area is 152 Å². The third-order valence-electron chi connectivity index (χ3n) is 5.46. The molecule has 0 aliphatic carbocycles. The van der Waals surface area contributed by atoms with Gasteiger partial charge in [0, 0.05) is 38.6 Å². The number of ether oxygens (including phenoxy) is 1. The van der Waals surface area contributed by atoms with Gasteiger partial charge in [-0.25, -0.2) is 0 Å². The summed E-state index contributed by atoms with van der Waals surface area (Å²) >= 11 is 0. The van der Waals surface area contributed by atoms with Crippen molar-refractivity contribution >= 4 is 5.91 Å². The summed E-state index contributed by atoms with van der Waals surface area (Å²) in [5, 5.41) is 4.15. The first-order valence-electron chi connectivity index (χ1n) is 9.52. The Morgan fingerprint density at radius 2 is 2.00 bits per heavy atom. The Hall–Kier alpha value is -2.15. The van der Waals surface area contributed by atoms with Gasteiger partial charge in [0.2, 0.25) is 5.89 Å². The van der Waals surface area contributed by atoms with Crippen molar-refractivity contribution in [3.8, 4) is 0 Å². The third-order valence-corrected chi connectivity index (χ3v) is 5.46. The van der Waals surface area contributed by atoms with Crippen molar-refractivity contribution < 1.29 is 18.5 Å². The zero-order valence-electron chi connectivity index (χ0n) is 14.9. The highest BCUT2D eigenvalue weighted by Gasteiger charge is 2.26. The molecule has 2 aliphatic heterocycles. The SMILES string of the molecule is O=C(c1ccco1)N1CCC(CCc2noc(C3CCOCC3)n2)CC1. The smallest absolute Gasteiger partial charge is 0.289 e. The molecule has 0 saturated carbocycles. The van der Waals surface area contributed by atoms with E-state index < -0.39 is 0 Å². The van der Waals surface area contributed by atoms with Crippen molar-refractivity contribution in [1.82, 2.24) is 15.0 Å². The fraction of sp³-hybridized carbons (Fsp3) is 0.632. The van der Waals surface area contributed by atoms with Crippen molar-refractivity contribution in [1.29, 1.82) is 0 Å². The Bertz CT molecular complexity index is 698. The molecule has 0 spiro atoms. The van der Waals surface area contributed by atoms with E-state index in [9.17, 15) is 4.79 Å². The molecule has 1 amide bonds. The van der Waals surface area contributed by atoms with Gasteiger partial charge in [-0.3, -0.25) is 4.79 Å². The molecule has 0 atom stereocenters. The van der Waals surface area contributed by atoms with Gasteiger partial charge in [0.05, 0.1) is 6.26 Å². The van der Waals surface area contributed by atoms with Crippen molar-refractivity contribution in [2.24, 2.45) is 5.92 Å². The minimum Gasteiger partial charge on any atom is -0.459 e. The van der Waals surface area contributed by atoms with Crippen LogP contribution in [0.5, 0.6) is 0 Å². The summed E-state index contributed by atoms with van der Waals surface area (Å²) < 4.78 is 16.0. The number of aryl methyl sites for hydroxylation is 1. The molecule has 0 aromatic carbocycles. The third kappa shape index (κ3) is 3.98. The quantitative estimate of drug-likeness (QED) is 0.816. The molecule has 4 rings (SSSR count). The Morgan fingerprint density at radius 3 is 2.73 bits per heavy atom. The first kappa shape index (κ1) is 17.3. The molecule has 2 saturated heterocycles. The molecule has 7 heteroatoms. The maximum Gasteiger partial charge on any atom is 0.289 e. The molecule has 0 radical (unpaired) electrons. The average Bonchev–Trinajstić information content (AvgIpc) is 3.39. The van der Waals surface area contributed by atoms with E-state index in [1.807, 2.05) is 4.90 Å². The van der Waals surface area contributed by atoms with Crippen molar-refractivity contribution in [2.75, 3.05) is 26.3 Å². The van der Waals surface area contributed by atoms with Gasteiger partial charge in [-0.2, -0.15) is 4.98 Å². The van der Waals surface area contributed by atoms with E-state index in [0.717, 1.165) is 76.5 Å². The second-order valence-electron chi connectivity index (χ2n) is 7.19. The number of likely N-dealkylation sites (tertiary alicyclic amines) is 1. The number of amides is 1. The maximum absolute atomic E-state index is 12.3. The van der Waals surface area contributed by atoms with Crippen LogP contribution in [0.1, 0.15) is 60.3 Å². The lowest BCUT2D eigenvalue weighted by atomic mass is 9.92. The average molecular weight is 359 g/mol. The highest BCUT2D eigenvalue weighted by molar-refractivity contribution is 5.91. The normalized spacial score (nSPS) is 19.8. The molecular weight excluding hydrogens is 334 g/mol. The van der Waals surface area contributed by atoms with E-state index in [1.54, 1.807) is 18.4 Å². The van der Waals surface area contributed by atoms with Crippen LogP contribution in [0.25, 0.3) is 0 Å². The van der Waals surface area contributed by atoms with Crippen molar-refractivity contribution in [2.45, 2.75) is 44.4 Å². The van der Waals surface area contributed by atoms with Crippen molar-refractivity contribution in [3.63, 3.8) is 0 Å². The Morgan fingerprint density at radius 1 is 1.19 bits per heavy atom. The molecular formula is C19H25N3O4. The van der Waals surface area contributed by atoms with Crippen LogP contribution in [-0.2, 0) is 11.2 Å². The Balaban J connectivity index is 1.22. The van der Waals surface area contributed by atoms with Crippen LogP contribution in [0.15, 0.2) is 27.3 Å². The maximum atomic E-state index is 12.3. The topological polar surface area (TPSA) is 81.6 Å². The van der Waals surface area contributed by atoms with E-state index in [2.05, 4.69) is 10.1 Å². The molecule has 7 nitrogen and oxygen atoms in total. The standard InChI is InChI=1S/C19H25N3O4/c23-19(16-2-1-11-25-16)22-9-5-14(6-10-22)3-4-17-20-18(26-21-17)15-7-12-24-13-8-15/h1-2,11,14-15H,3-10,12-13H2. The second-order valence-corrected chi connectivity index (χ2v) is 7.19. The molecule has 140 valence electrons. The summed E-state index contributed by atoms with van der Waals surface area (Å²) in [5.41, 5.74) is 0. The van der Waals surface area contributed by atoms with Gasteiger partial charge in [-0.05, 0) is 50.2 Å². The number of furan rings is 1. The number of carbonyl (C=O) groups excluding carboxylic acids is 1. The van der Waals surface area contributed by atoms with E-state index in [0.29, 0.717) is 17.6 Å².